The minimum atomic E-state index is -3.77. The number of nitrogens with zero attached hydrogens (tertiary/aromatic N) is 1. The van der Waals surface area contributed by atoms with Crippen LogP contribution in [0.2, 0.25) is 0 Å². The van der Waals surface area contributed by atoms with E-state index in [1.54, 1.807) is 6.07 Å². The summed E-state index contributed by atoms with van der Waals surface area (Å²) < 4.78 is 38.7. The molecular formula is C19H26N2O5S. The zero-order valence-electron chi connectivity index (χ0n) is 15.4. The SMILES string of the molecule is O=C(NC1CCCCC1)[C@@H]1CCCN1S(=O)(=O)c1ccc2c(c1)OCCO2. The lowest BCUT2D eigenvalue weighted by molar-refractivity contribution is -0.125. The summed E-state index contributed by atoms with van der Waals surface area (Å²) in [6.45, 7) is 1.21. The van der Waals surface area contributed by atoms with E-state index in [0.717, 1.165) is 25.7 Å². The van der Waals surface area contributed by atoms with Crippen LogP contribution in [-0.2, 0) is 14.8 Å². The molecule has 1 aliphatic carbocycles. The van der Waals surface area contributed by atoms with Crippen molar-refractivity contribution < 1.29 is 22.7 Å². The lowest BCUT2D eigenvalue weighted by Crippen LogP contribution is -2.49. The summed E-state index contributed by atoms with van der Waals surface area (Å²) >= 11 is 0. The third-order valence-corrected chi connectivity index (χ3v) is 7.48. The molecule has 2 heterocycles. The summed E-state index contributed by atoms with van der Waals surface area (Å²) in [7, 11) is -3.77. The molecule has 0 aromatic heterocycles. The van der Waals surface area contributed by atoms with Crippen LogP contribution in [0, 0.1) is 0 Å². The Hall–Kier alpha value is -1.80. The highest BCUT2D eigenvalue weighted by Gasteiger charge is 2.40. The topological polar surface area (TPSA) is 84.9 Å². The van der Waals surface area contributed by atoms with Crippen LogP contribution in [0.3, 0.4) is 0 Å². The molecule has 1 aromatic rings. The molecule has 7 nitrogen and oxygen atoms in total. The summed E-state index contributed by atoms with van der Waals surface area (Å²) in [4.78, 5) is 12.9. The van der Waals surface area contributed by atoms with Crippen molar-refractivity contribution >= 4 is 15.9 Å². The molecule has 3 aliphatic rings. The largest absolute Gasteiger partial charge is 0.486 e. The maximum absolute atomic E-state index is 13.2. The van der Waals surface area contributed by atoms with Gasteiger partial charge in [0.1, 0.15) is 19.3 Å². The van der Waals surface area contributed by atoms with Crippen molar-refractivity contribution in [1.82, 2.24) is 9.62 Å². The molecule has 2 fully saturated rings. The van der Waals surface area contributed by atoms with Gasteiger partial charge >= 0.3 is 0 Å². The van der Waals surface area contributed by atoms with E-state index in [9.17, 15) is 13.2 Å². The molecule has 2 aliphatic heterocycles. The Morgan fingerprint density at radius 2 is 1.74 bits per heavy atom. The Balaban J connectivity index is 1.52. The van der Waals surface area contributed by atoms with Crippen molar-refractivity contribution in [3.05, 3.63) is 18.2 Å². The Labute approximate surface area is 160 Å². The first-order valence-corrected chi connectivity index (χ1v) is 11.2. The predicted molar refractivity (Wildman–Crippen MR) is 99.4 cm³/mol. The molecule has 27 heavy (non-hydrogen) atoms. The van der Waals surface area contributed by atoms with Gasteiger partial charge in [-0.3, -0.25) is 4.79 Å². The van der Waals surface area contributed by atoms with Crippen LogP contribution in [0.25, 0.3) is 0 Å². The number of sulfonamides is 1. The lowest BCUT2D eigenvalue weighted by Gasteiger charge is -2.28. The average molecular weight is 394 g/mol. The van der Waals surface area contributed by atoms with Gasteiger partial charge in [0.05, 0.1) is 4.90 Å². The van der Waals surface area contributed by atoms with Gasteiger partial charge in [0.25, 0.3) is 0 Å². The van der Waals surface area contributed by atoms with Crippen molar-refractivity contribution in [3.8, 4) is 11.5 Å². The van der Waals surface area contributed by atoms with E-state index in [-0.39, 0.29) is 16.8 Å². The molecule has 148 valence electrons. The first-order valence-electron chi connectivity index (χ1n) is 9.77. The molecule has 1 saturated heterocycles. The number of fused-ring (bicyclic) bond motifs is 1. The second kappa shape index (κ2) is 7.67. The first kappa shape index (κ1) is 18.6. The van der Waals surface area contributed by atoms with Gasteiger partial charge < -0.3 is 14.8 Å². The fourth-order valence-electron chi connectivity index (χ4n) is 4.15. The molecule has 1 saturated carbocycles. The molecule has 8 heteroatoms. The fourth-order valence-corrected chi connectivity index (χ4v) is 5.83. The lowest BCUT2D eigenvalue weighted by atomic mass is 9.95. The van der Waals surface area contributed by atoms with Gasteiger partial charge in [-0.1, -0.05) is 19.3 Å². The second-order valence-corrected chi connectivity index (χ2v) is 9.31. The average Bonchev–Trinajstić information content (AvgIpc) is 3.19. The third-order valence-electron chi connectivity index (χ3n) is 5.58. The number of amides is 1. The minimum Gasteiger partial charge on any atom is -0.486 e. The molecule has 0 unspecified atom stereocenters. The molecular weight excluding hydrogens is 368 g/mol. The Kier molecular flexibility index (Phi) is 5.27. The standard InChI is InChI=1S/C19H26N2O5S/c22-19(20-14-5-2-1-3-6-14)16-7-4-10-21(16)27(23,24)15-8-9-17-18(13-15)26-12-11-25-17/h8-9,13-14,16H,1-7,10-12H2,(H,20,22)/t16-/m0/s1. The Morgan fingerprint density at radius 1 is 1.00 bits per heavy atom. The number of ether oxygens (including phenoxy) is 2. The van der Waals surface area contributed by atoms with Gasteiger partial charge in [-0.05, 0) is 37.8 Å². The summed E-state index contributed by atoms with van der Waals surface area (Å²) in [5.41, 5.74) is 0. The maximum atomic E-state index is 13.2. The van der Waals surface area contributed by atoms with Crippen LogP contribution in [-0.4, -0.2) is 50.5 Å². The summed E-state index contributed by atoms with van der Waals surface area (Å²) in [5.74, 6) is 0.818. The molecule has 1 aromatic carbocycles. The molecule has 1 amide bonds. The fraction of sp³-hybridized carbons (Fsp3) is 0.632. The number of carbonyl (C=O) groups excluding carboxylic acids is 1. The van der Waals surface area contributed by atoms with Crippen LogP contribution in [0.5, 0.6) is 11.5 Å². The minimum absolute atomic E-state index is 0.143. The van der Waals surface area contributed by atoms with Crippen LogP contribution in [0.4, 0.5) is 0 Å². The van der Waals surface area contributed by atoms with E-state index in [4.69, 9.17) is 9.47 Å². The van der Waals surface area contributed by atoms with E-state index in [0.29, 0.717) is 44.1 Å². The van der Waals surface area contributed by atoms with Gasteiger partial charge in [0.2, 0.25) is 15.9 Å². The highest BCUT2D eigenvalue weighted by Crippen LogP contribution is 2.35. The van der Waals surface area contributed by atoms with Crippen LogP contribution >= 0.6 is 0 Å². The number of benzene rings is 1. The predicted octanol–water partition coefficient (Wildman–Crippen LogP) is 2.06. The maximum Gasteiger partial charge on any atom is 0.243 e. The first-order chi connectivity index (χ1) is 13.1. The second-order valence-electron chi connectivity index (χ2n) is 7.42. The van der Waals surface area contributed by atoms with Crippen molar-refractivity contribution in [1.29, 1.82) is 0 Å². The summed E-state index contributed by atoms with van der Waals surface area (Å²) in [6.07, 6.45) is 6.65. The molecule has 4 rings (SSSR count). The monoisotopic (exact) mass is 394 g/mol. The third kappa shape index (κ3) is 3.78. The van der Waals surface area contributed by atoms with Crippen molar-refractivity contribution in [2.75, 3.05) is 19.8 Å². The van der Waals surface area contributed by atoms with E-state index in [2.05, 4.69) is 5.32 Å². The van der Waals surface area contributed by atoms with Gasteiger partial charge in [0, 0.05) is 18.7 Å². The normalized spacial score (nSPS) is 23.9. The van der Waals surface area contributed by atoms with Crippen LogP contribution in [0.15, 0.2) is 23.1 Å². The van der Waals surface area contributed by atoms with Gasteiger partial charge in [-0.15, -0.1) is 0 Å². The molecule has 1 N–H and O–H groups in total. The number of hydrogen-bond acceptors (Lipinski definition) is 5. The Bertz CT molecular complexity index is 804. The number of nitrogens with one attached hydrogen (secondary N) is 1. The van der Waals surface area contributed by atoms with Gasteiger partial charge in [0.15, 0.2) is 11.5 Å². The van der Waals surface area contributed by atoms with Crippen molar-refractivity contribution in [2.24, 2.45) is 0 Å². The van der Waals surface area contributed by atoms with E-state index in [1.165, 1.54) is 22.9 Å². The van der Waals surface area contributed by atoms with E-state index >= 15 is 0 Å². The number of hydrogen-bond donors (Lipinski definition) is 1. The zero-order chi connectivity index (χ0) is 18.9. The van der Waals surface area contributed by atoms with Crippen molar-refractivity contribution in [2.45, 2.75) is 61.9 Å². The van der Waals surface area contributed by atoms with Crippen molar-refractivity contribution in [3.63, 3.8) is 0 Å². The van der Waals surface area contributed by atoms with E-state index < -0.39 is 16.1 Å². The number of rotatable bonds is 4. The zero-order valence-corrected chi connectivity index (χ0v) is 16.2. The summed E-state index contributed by atoms with van der Waals surface area (Å²) in [5, 5.41) is 3.07. The highest BCUT2D eigenvalue weighted by atomic mass is 32.2. The molecule has 1 atom stereocenters. The van der Waals surface area contributed by atoms with Gasteiger partial charge in [-0.2, -0.15) is 4.31 Å². The number of carbonyl (C=O) groups is 1. The van der Waals surface area contributed by atoms with Gasteiger partial charge in [-0.25, -0.2) is 8.42 Å². The molecule has 0 bridgehead atoms. The quantitative estimate of drug-likeness (QED) is 0.845. The smallest absolute Gasteiger partial charge is 0.243 e. The Morgan fingerprint density at radius 3 is 2.52 bits per heavy atom. The van der Waals surface area contributed by atoms with Crippen LogP contribution in [0.1, 0.15) is 44.9 Å². The summed E-state index contributed by atoms with van der Waals surface area (Å²) in [6, 6.07) is 4.18. The van der Waals surface area contributed by atoms with Crippen LogP contribution < -0.4 is 14.8 Å². The molecule has 0 spiro atoms. The highest BCUT2D eigenvalue weighted by molar-refractivity contribution is 7.89. The van der Waals surface area contributed by atoms with E-state index in [1.807, 2.05) is 0 Å². The molecule has 0 radical (unpaired) electrons.